The highest BCUT2D eigenvalue weighted by atomic mass is 16.7. The number of fused-ring (bicyclic) bond motifs is 1. The summed E-state index contributed by atoms with van der Waals surface area (Å²) in [5, 5.41) is 3.44. The Morgan fingerprint density at radius 2 is 1.90 bits per heavy atom. The first kappa shape index (κ1) is 13.8. The fraction of sp³-hybridized carbons (Fsp3) is 0.294. The quantitative estimate of drug-likeness (QED) is 0.885. The van der Waals surface area contributed by atoms with Crippen LogP contribution in [0.3, 0.4) is 0 Å². The van der Waals surface area contributed by atoms with Gasteiger partial charge in [-0.25, -0.2) is 0 Å². The highest BCUT2D eigenvalue weighted by molar-refractivity contribution is 5.46. The van der Waals surface area contributed by atoms with Crippen molar-refractivity contribution in [3.63, 3.8) is 0 Å². The number of nitrogens with one attached hydrogen (secondary N) is 1. The van der Waals surface area contributed by atoms with E-state index in [-0.39, 0.29) is 12.8 Å². The van der Waals surface area contributed by atoms with Gasteiger partial charge in [-0.3, -0.25) is 0 Å². The molecule has 1 heterocycles. The summed E-state index contributed by atoms with van der Waals surface area (Å²) in [6.07, 6.45) is 0. The van der Waals surface area contributed by atoms with Gasteiger partial charge in [0, 0.05) is 6.07 Å². The molecule has 2 aromatic rings. The SMILES string of the molecule is CCNC(COc1ccc2c(c1)OCO2)c1ccccc1. The first-order valence-corrected chi connectivity index (χ1v) is 7.17. The van der Waals surface area contributed by atoms with Crippen LogP contribution in [0, 0.1) is 0 Å². The molecule has 0 spiro atoms. The average Bonchev–Trinajstić information content (AvgIpc) is 3.00. The minimum Gasteiger partial charge on any atom is -0.491 e. The minimum atomic E-state index is 0.168. The number of benzene rings is 2. The number of hydrogen-bond donors (Lipinski definition) is 1. The molecule has 4 nitrogen and oxygen atoms in total. The van der Waals surface area contributed by atoms with Gasteiger partial charge < -0.3 is 19.5 Å². The molecule has 0 bridgehead atoms. The largest absolute Gasteiger partial charge is 0.491 e. The Labute approximate surface area is 124 Å². The van der Waals surface area contributed by atoms with Crippen molar-refractivity contribution in [3.05, 3.63) is 54.1 Å². The molecule has 4 heteroatoms. The van der Waals surface area contributed by atoms with Crippen LogP contribution in [0.25, 0.3) is 0 Å². The topological polar surface area (TPSA) is 39.7 Å². The molecular weight excluding hydrogens is 266 g/mol. The number of ether oxygens (including phenoxy) is 3. The van der Waals surface area contributed by atoms with E-state index >= 15 is 0 Å². The van der Waals surface area contributed by atoms with Gasteiger partial charge >= 0.3 is 0 Å². The predicted molar refractivity (Wildman–Crippen MR) is 80.9 cm³/mol. The van der Waals surface area contributed by atoms with Gasteiger partial charge in [0.25, 0.3) is 0 Å². The Hall–Kier alpha value is -2.20. The van der Waals surface area contributed by atoms with E-state index in [1.54, 1.807) is 0 Å². The molecule has 0 aromatic heterocycles. The Balaban J connectivity index is 1.67. The third kappa shape index (κ3) is 3.28. The van der Waals surface area contributed by atoms with Crippen LogP contribution >= 0.6 is 0 Å². The molecule has 1 aliphatic rings. The first-order chi connectivity index (χ1) is 10.4. The molecule has 0 fully saturated rings. The number of hydrogen-bond acceptors (Lipinski definition) is 4. The molecule has 1 atom stereocenters. The zero-order valence-corrected chi connectivity index (χ0v) is 12.0. The summed E-state index contributed by atoms with van der Waals surface area (Å²) in [7, 11) is 0. The minimum absolute atomic E-state index is 0.168. The van der Waals surface area contributed by atoms with E-state index in [1.807, 2.05) is 36.4 Å². The molecule has 1 aliphatic heterocycles. The standard InChI is InChI=1S/C17H19NO3/c1-2-18-15(13-6-4-3-5-7-13)11-19-14-8-9-16-17(10-14)21-12-20-16/h3-10,15,18H,2,11-12H2,1H3. The van der Waals surface area contributed by atoms with Crippen LogP contribution in [-0.4, -0.2) is 19.9 Å². The second-order valence-corrected chi connectivity index (χ2v) is 4.85. The van der Waals surface area contributed by atoms with Crippen molar-refractivity contribution >= 4 is 0 Å². The maximum Gasteiger partial charge on any atom is 0.231 e. The Bertz CT molecular complexity index is 586. The molecule has 2 aromatic carbocycles. The van der Waals surface area contributed by atoms with Gasteiger partial charge in [-0.15, -0.1) is 0 Å². The fourth-order valence-corrected chi connectivity index (χ4v) is 2.35. The molecule has 0 saturated carbocycles. The Morgan fingerprint density at radius 1 is 1.10 bits per heavy atom. The lowest BCUT2D eigenvalue weighted by Crippen LogP contribution is -2.26. The van der Waals surface area contributed by atoms with Gasteiger partial charge in [0.1, 0.15) is 12.4 Å². The van der Waals surface area contributed by atoms with Crippen molar-refractivity contribution in [2.45, 2.75) is 13.0 Å². The molecular formula is C17H19NO3. The van der Waals surface area contributed by atoms with Gasteiger partial charge in [0.15, 0.2) is 11.5 Å². The van der Waals surface area contributed by atoms with Crippen molar-refractivity contribution in [2.24, 2.45) is 0 Å². The van der Waals surface area contributed by atoms with Crippen LogP contribution in [0.2, 0.25) is 0 Å². The molecule has 0 amide bonds. The van der Waals surface area contributed by atoms with E-state index in [0.717, 1.165) is 23.8 Å². The molecule has 0 saturated heterocycles. The number of rotatable bonds is 6. The fourth-order valence-electron chi connectivity index (χ4n) is 2.35. The van der Waals surface area contributed by atoms with Crippen LogP contribution in [0.4, 0.5) is 0 Å². The monoisotopic (exact) mass is 285 g/mol. The highest BCUT2D eigenvalue weighted by Crippen LogP contribution is 2.35. The molecule has 1 unspecified atom stereocenters. The van der Waals surface area contributed by atoms with E-state index in [9.17, 15) is 0 Å². The van der Waals surface area contributed by atoms with Crippen LogP contribution in [0.1, 0.15) is 18.5 Å². The summed E-state index contributed by atoms with van der Waals surface area (Å²) in [5.41, 5.74) is 1.22. The third-order valence-corrected chi connectivity index (χ3v) is 3.41. The lowest BCUT2D eigenvalue weighted by Gasteiger charge is -2.19. The summed E-state index contributed by atoms with van der Waals surface area (Å²) in [5.74, 6) is 2.30. The molecule has 0 radical (unpaired) electrons. The van der Waals surface area contributed by atoms with E-state index < -0.39 is 0 Å². The Kier molecular flexibility index (Phi) is 4.26. The van der Waals surface area contributed by atoms with Gasteiger partial charge in [0.05, 0.1) is 6.04 Å². The van der Waals surface area contributed by atoms with Gasteiger partial charge in [-0.1, -0.05) is 37.3 Å². The zero-order chi connectivity index (χ0) is 14.5. The molecule has 110 valence electrons. The van der Waals surface area contributed by atoms with Crippen LogP contribution in [-0.2, 0) is 0 Å². The Morgan fingerprint density at radius 3 is 2.71 bits per heavy atom. The van der Waals surface area contributed by atoms with Gasteiger partial charge in [0.2, 0.25) is 6.79 Å². The lowest BCUT2D eigenvalue weighted by atomic mass is 10.1. The van der Waals surface area contributed by atoms with E-state index in [1.165, 1.54) is 5.56 Å². The van der Waals surface area contributed by atoms with E-state index in [2.05, 4.69) is 24.4 Å². The predicted octanol–water partition coefficient (Wildman–Crippen LogP) is 3.14. The second kappa shape index (κ2) is 6.50. The summed E-state index contributed by atoms with van der Waals surface area (Å²) in [6.45, 7) is 3.83. The zero-order valence-electron chi connectivity index (χ0n) is 12.0. The van der Waals surface area contributed by atoms with Gasteiger partial charge in [-0.2, -0.15) is 0 Å². The maximum absolute atomic E-state index is 5.90. The summed E-state index contributed by atoms with van der Waals surface area (Å²) < 4.78 is 16.6. The van der Waals surface area contributed by atoms with Crippen molar-refractivity contribution in [3.8, 4) is 17.2 Å². The summed E-state index contributed by atoms with van der Waals surface area (Å²) in [6, 6.07) is 16.1. The normalized spacial score (nSPS) is 14.0. The summed E-state index contributed by atoms with van der Waals surface area (Å²) >= 11 is 0. The number of likely N-dealkylation sites (N-methyl/N-ethyl adjacent to an activating group) is 1. The van der Waals surface area contributed by atoms with Crippen molar-refractivity contribution < 1.29 is 14.2 Å². The second-order valence-electron chi connectivity index (χ2n) is 4.85. The van der Waals surface area contributed by atoms with Crippen LogP contribution in [0.5, 0.6) is 17.2 Å². The van der Waals surface area contributed by atoms with E-state index in [0.29, 0.717) is 6.61 Å². The average molecular weight is 285 g/mol. The molecule has 0 aliphatic carbocycles. The lowest BCUT2D eigenvalue weighted by molar-refractivity contribution is 0.173. The highest BCUT2D eigenvalue weighted by Gasteiger charge is 2.15. The van der Waals surface area contributed by atoms with Crippen molar-refractivity contribution in [2.75, 3.05) is 19.9 Å². The maximum atomic E-state index is 5.90. The summed E-state index contributed by atoms with van der Waals surface area (Å²) in [4.78, 5) is 0. The molecule has 21 heavy (non-hydrogen) atoms. The molecule has 3 rings (SSSR count). The van der Waals surface area contributed by atoms with Crippen molar-refractivity contribution in [1.82, 2.24) is 5.32 Å². The van der Waals surface area contributed by atoms with Crippen LogP contribution in [0.15, 0.2) is 48.5 Å². The molecule has 1 N–H and O–H groups in total. The third-order valence-electron chi connectivity index (χ3n) is 3.41. The van der Waals surface area contributed by atoms with Crippen molar-refractivity contribution in [1.29, 1.82) is 0 Å². The van der Waals surface area contributed by atoms with Gasteiger partial charge in [-0.05, 0) is 24.2 Å². The van der Waals surface area contributed by atoms with E-state index in [4.69, 9.17) is 14.2 Å². The smallest absolute Gasteiger partial charge is 0.231 e. The van der Waals surface area contributed by atoms with Crippen LogP contribution < -0.4 is 19.5 Å². The first-order valence-electron chi connectivity index (χ1n) is 7.17.